The Morgan fingerprint density at radius 2 is 1.62 bits per heavy atom. The van der Waals surface area contributed by atoms with Gasteiger partial charge in [0.15, 0.2) is 6.61 Å². The van der Waals surface area contributed by atoms with E-state index in [1.54, 1.807) is 36.4 Å². The van der Waals surface area contributed by atoms with Crippen molar-refractivity contribution in [1.29, 1.82) is 0 Å². The first-order valence-electron chi connectivity index (χ1n) is 7.57. The van der Waals surface area contributed by atoms with E-state index in [9.17, 15) is 14.4 Å². The lowest BCUT2D eigenvalue weighted by atomic mass is 10.2. The molecule has 0 bridgehead atoms. The van der Waals surface area contributed by atoms with Gasteiger partial charge in [0.25, 0.3) is 5.91 Å². The summed E-state index contributed by atoms with van der Waals surface area (Å²) in [6, 6.07) is 11.4. The molecule has 2 aromatic carbocycles. The topological polar surface area (TPSA) is 93.7 Å². The van der Waals surface area contributed by atoms with Crippen LogP contribution in [0.1, 0.15) is 17.3 Å². The van der Waals surface area contributed by atoms with E-state index in [1.807, 2.05) is 0 Å². The first-order valence-corrected chi connectivity index (χ1v) is 8.36. The second-order valence-electron chi connectivity index (χ2n) is 5.23. The van der Waals surface area contributed by atoms with E-state index in [0.717, 1.165) is 0 Å². The number of nitrogens with one attached hydrogen (secondary N) is 2. The van der Waals surface area contributed by atoms with Crippen molar-refractivity contribution in [3.63, 3.8) is 0 Å². The lowest BCUT2D eigenvalue weighted by Gasteiger charge is -2.09. The molecule has 2 rings (SSSR count). The quantitative estimate of drug-likeness (QED) is 0.699. The van der Waals surface area contributed by atoms with Gasteiger partial charge in [-0.15, -0.1) is 0 Å². The number of ether oxygens (including phenoxy) is 2. The summed E-state index contributed by atoms with van der Waals surface area (Å²) in [5, 5.41) is 5.22. The number of anilines is 2. The molecule has 7 nitrogen and oxygen atoms in total. The third-order valence-electron chi connectivity index (χ3n) is 3.22. The summed E-state index contributed by atoms with van der Waals surface area (Å²) >= 11 is 3.26. The standard InChI is InChI=1S/C18H17BrN2O5/c1-11(22)20-12-3-5-13(6-4-12)21-17(23)10-26-18(24)15-9-14(25-2)7-8-16(15)19/h3-9H,10H2,1-2H3,(H,20,22)(H,21,23). The molecular weight excluding hydrogens is 404 g/mol. The van der Waals surface area contributed by atoms with Crippen molar-refractivity contribution in [3.8, 4) is 5.75 Å². The van der Waals surface area contributed by atoms with Gasteiger partial charge in [0.05, 0.1) is 12.7 Å². The summed E-state index contributed by atoms with van der Waals surface area (Å²) in [6.45, 7) is 0.973. The van der Waals surface area contributed by atoms with Gasteiger partial charge in [-0.2, -0.15) is 0 Å². The third-order valence-corrected chi connectivity index (χ3v) is 3.91. The average molecular weight is 421 g/mol. The second kappa shape index (κ2) is 9.00. The minimum Gasteiger partial charge on any atom is -0.497 e. The number of benzene rings is 2. The van der Waals surface area contributed by atoms with Gasteiger partial charge in [0.1, 0.15) is 5.75 Å². The number of methoxy groups -OCH3 is 1. The van der Waals surface area contributed by atoms with Crippen molar-refractivity contribution in [1.82, 2.24) is 0 Å². The Bertz CT molecular complexity index is 821. The minimum absolute atomic E-state index is 0.183. The molecule has 0 radical (unpaired) electrons. The monoisotopic (exact) mass is 420 g/mol. The van der Waals surface area contributed by atoms with Crippen molar-refractivity contribution in [2.24, 2.45) is 0 Å². The van der Waals surface area contributed by atoms with Gasteiger partial charge in [-0.3, -0.25) is 9.59 Å². The van der Waals surface area contributed by atoms with Crippen molar-refractivity contribution >= 4 is 45.1 Å². The largest absolute Gasteiger partial charge is 0.497 e. The normalized spacial score (nSPS) is 9.96. The molecule has 0 atom stereocenters. The highest BCUT2D eigenvalue weighted by Gasteiger charge is 2.15. The fourth-order valence-electron chi connectivity index (χ4n) is 2.03. The molecule has 136 valence electrons. The van der Waals surface area contributed by atoms with Crippen LogP contribution in [0.4, 0.5) is 11.4 Å². The molecule has 0 aliphatic heterocycles. The highest BCUT2D eigenvalue weighted by molar-refractivity contribution is 9.10. The van der Waals surface area contributed by atoms with E-state index in [1.165, 1.54) is 20.1 Å². The van der Waals surface area contributed by atoms with Crippen LogP contribution in [0.2, 0.25) is 0 Å². The van der Waals surface area contributed by atoms with Crippen LogP contribution >= 0.6 is 15.9 Å². The number of carbonyl (C=O) groups excluding carboxylic acids is 3. The van der Waals surface area contributed by atoms with E-state index in [0.29, 0.717) is 21.6 Å². The number of rotatable bonds is 6. The number of carbonyl (C=O) groups is 3. The molecule has 8 heteroatoms. The summed E-state index contributed by atoms with van der Waals surface area (Å²) in [4.78, 5) is 35.0. The van der Waals surface area contributed by atoms with E-state index in [-0.39, 0.29) is 11.5 Å². The fraction of sp³-hybridized carbons (Fsp3) is 0.167. The van der Waals surface area contributed by atoms with E-state index in [4.69, 9.17) is 9.47 Å². The summed E-state index contributed by atoms with van der Waals surface area (Å²) < 4.78 is 10.6. The van der Waals surface area contributed by atoms with Crippen LogP contribution in [0.15, 0.2) is 46.9 Å². The van der Waals surface area contributed by atoms with E-state index in [2.05, 4.69) is 26.6 Å². The molecule has 0 fully saturated rings. The van der Waals surface area contributed by atoms with Gasteiger partial charge in [-0.25, -0.2) is 4.79 Å². The number of amides is 2. The predicted octanol–water partition coefficient (Wildman–Crippen LogP) is 3.21. The third kappa shape index (κ3) is 5.59. The minimum atomic E-state index is -0.646. The summed E-state index contributed by atoms with van der Waals surface area (Å²) in [5.74, 6) is -0.808. The molecule has 0 spiro atoms. The summed E-state index contributed by atoms with van der Waals surface area (Å²) in [7, 11) is 1.49. The lowest BCUT2D eigenvalue weighted by Crippen LogP contribution is -2.21. The number of hydrogen-bond acceptors (Lipinski definition) is 5. The zero-order valence-electron chi connectivity index (χ0n) is 14.2. The average Bonchev–Trinajstić information content (AvgIpc) is 2.61. The van der Waals surface area contributed by atoms with Gasteiger partial charge >= 0.3 is 5.97 Å². The molecule has 0 aromatic heterocycles. The molecule has 2 N–H and O–H groups in total. The maximum Gasteiger partial charge on any atom is 0.339 e. The number of halogens is 1. The van der Waals surface area contributed by atoms with Crippen molar-refractivity contribution in [2.45, 2.75) is 6.92 Å². The molecular formula is C18H17BrN2O5. The Hall–Kier alpha value is -2.87. The Balaban J connectivity index is 1.90. The molecule has 0 aliphatic rings. The van der Waals surface area contributed by atoms with Gasteiger partial charge in [-0.05, 0) is 58.4 Å². The Kier molecular flexibility index (Phi) is 6.74. The maximum absolute atomic E-state index is 12.1. The van der Waals surface area contributed by atoms with Crippen molar-refractivity contribution < 1.29 is 23.9 Å². The van der Waals surface area contributed by atoms with Gasteiger partial charge in [0.2, 0.25) is 5.91 Å². The zero-order valence-corrected chi connectivity index (χ0v) is 15.8. The molecule has 0 saturated heterocycles. The first kappa shape index (κ1) is 19.5. The Morgan fingerprint density at radius 1 is 1.00 bits per heavy atom. The van der Waals surface area contributed by atoms with E-state index < -0.39 is 18.5 Å². The van der Waals surface area contributed by atoms with Crippen LogP contribution in [0, 0.1) is 0 Å². The van der Waals surface area contributed by atoms with Gasteiger partial charge < -0.3 is 20.1 Å². The van der Waals surface area contributed by atoms with Gasteiger partial charge in [-0.1, -0.05) is 0 Å². The number of hydrogen-bond donors (Lipinski definition) is 2. The highest BCUT2D eigenvalue weighted by Crippen LogP contribution is 2.23. The zero-order chi connectivity index (χ0) is 19.1. The molecule has 2 aromatic rings. The van der Waals surface area contributed by atoms with Crippen LogP contribution in [0.5, 0.6) is 5.75 Å². The maximum atomic E-state index is 12.1. The second-order valence-corrected chi connectivity index (χ2v) is 6.08. The molecule has 26 heavy (non-hydrogen) atoms. The Labute approximate surface area is 158 Å². The van der Waals surface area contributed by atoms with Crippen molar-refractivity contribution in [2.75, 3.05) is 24.4 Å². The van der Waals surface area contributed by atoms with Crippen molar-refractivity contribution in [3.05, 3.63) is 52.5 Å². The van der Waals surface area contributed by atoms with Crippen LogP contribution < -0.4 is 15.4 Å². The fourth-order valence-corrected chi connectivity index (χ4v) is 2.44. The smallest absolute Gasteiger partial charge is 0.339 e. The first-order chi connectivity index (χ1) is 12.4. The molecule has 0 unspecified atom stereocenters. The van der Waals surface area contributed by atoms with Crippen LogP contribution in [0.3, 0.4) is 0 Å². The lowest BCUT2D eigenvalue weighted by molar-refractivity contribution is -0.119. The van der Waals surface area contributed by atoms with E-state index >= 15 is 0 Å². The van der Waals surface area contributed by atoms with Gasteiger partial charge in [0, 0.05) is 22.8 Å². The molecule has 0 saturated carbocycles. The van der Waals surface area contributed by atoms with Crippen LogP contribution in [0.25, 0.3) is 0 Å². The Morgan fingerprint density at radius 3 is 2.19 bits per heavy atom. The summed E-state index contributed by atoms with van der Waals surface area (Å²) in [5.41, 5.74) is 1.39. The SMILES string of the molecule is COc1ccc(Br)c(C(=O)OCC(=O)Nc2ccc(NC(C)=O)cc2)c1. The van der Waals surface area contributed by atoms with Crippen LogP contribution in [-0.4, -0.2) is 31.5 Å². The van der Waals surface area contributed by atoms with Crippen LogP contribution in [-0.2, 0) is 14.3 Å². The summed E-state index contributed by atoms with van der Waals surface area (Å²) in [6.07, 6.45) is 0. The number of esters is 1. The predicted molar refractivity (Wildman–Crippen MR) is 100 cm³/mol. The molecule has 0 aliphatic carbocycles. The molecule has 2 amide bonds. The highest BCUT2D eigenvalue weighted by atomic mass is 79.9. The molecule has 0 heterocycles.